The van der Waals surface area contributed by atoms with Gasteiger partial charge in [-0.25, -0.2) is 4.98 Å². The number of rotatable bonds is 2. The molecule has 0 saturated carbocycles. The van der Waals surface area contributed by atoms with Gasteiger partial charge in [0, 0.05) is 24.1 Å². The van der Waals surface area contributed by atoms with E-state index in [0.717, 1.165) is 35.0 Å². The lowest BCUT2D eigenvalue weighted by Crippen LogP contribution is -1.98. The van der Waals surface area contributed by atoms with Gasteiger partial charge in [0.15, 0.2) is 17.3 Å². The van der Waals surface area contributed by atoms with Gasteiger partial charge < -0.3 is 9.47 Å². The molecule has 0 atom stereocenters. The summed E-state index contributed by atoms with van der Waals surface area (Å²) < 4.78 is 13.3. The molecular weight excluding hydrogens is 292 g/mol. The van der Waals surface area contributed by atoms with Gasteiger partial charge in [0.05, 0.1) is 18.9 Å². The van der Waals surface area contributed by atoms with E-state index >= 15 is 0 Å². The van der Waals surface area contributed by atoms with Gasteiger partial charge >= 0.3 is 0 Å². The van der Waals surface area contributed by atoms with Crippen molar-refractivity contribution in [1.29, 1.82) is 0 Å². The third kappa shape index (κ3) is 2.50. The normalized spacial score (nSPS) is 14.2. The summed E-state index contributed by atoms with van der Waals surface area (Å²) in [7, 11) is 0. The van der Waals surface area contributed by atoms with E-state index in [0.29, 0.717) is 19.0 Å². The standard InChI is InChI=1S/C17H18N4O2/c1-11(2)16-19-17-18-7-6-13(21(17)20-16)12-4-5-14-15(10-12)23-9-3-8-22-14/h4-7,10-11H,3,8-9H2,1-2H3. The monoisotopic (exact) mass is 310 g/mol. The van der Waals surface area contributed by atoms with Crippen LogP contribution in [0.1, 0.15) is 32.0 Å². The van der Waals surface area contributed by atoms with Crippen LogP contribution in [0.2, 0.25) is 0 Å². The minimum absolute atomic E-state index is 0.258. The zero-order valence-electron chi connectivity index (χ0n) is 13.2. The first-order valence-corrected chi connectivity index (χ1v) is 7.84. The van der Waals surface area contributed by atoms with E-state index in [2.05, 4.69) is 28.9 Å². The van der Waals surface area contributed by atoms with Crippen molar-refractivity contribution < 1.29 is 9.47 Å². The summed E-state index contributed by atoms with van der Waals surface area (Å²) in [6, 6.07) is 7.89. The van der Waals surface area contributed by atoms with Gasteiger partial charge in [0.25, 0.3) is 5.78 Å². The Labute approximate surface area is 134 Å². The zero-order valence-corrected chi connectivity index (χ0v) is 13.2. The molecule has 3 aromatic rings. The summed E-state index contributed by atoms with van der Waals surface area (Å²) in [5.41, 5.74) is 1.94. The fraction of sp³-hybridized carbons (Fsp3) is 0.353. The molecule has 0 radical (unpaired) electrons. The van der Waals surface area contributed by atoms with E-state index in [4.69, 9.17) is 9.47 Å². The Morgan fingerprint density at radius 2 is 1.91 bits per heavy atom. The highest BCUT2D eigenvalue weighted by atomic mass is 16.5. The smallest absolute Gasteiger partial charge is 0.252 e. The van der Waals surface area contributed by atoms with Crippen molar-refractivity contribution in [1.82, 2.24) is 19.6 Å². The van der Waals surface area contributed by atoms with Crippen molar-refractivity contribution in [2.24, 2.45) is 0 Å². The summed E-state index contributed by atoms with van der Waals surface area (Å²) in [4.78, 5) is 8.79. The third-order valence-corrected chi connectivity index (χ3v) is 3.82. The molecule has 1 aliphatic heterocycles. The van der Waals surface area contributed by atoms with Gasteiger partial charge in [-0.1, -0.05) is 13.8 Å². The highest BCUT2D eigenvalue weighted by Gasteiger charge is 2.15. The van der Waals surface area contributed by atoms with Crippen LogP contribution in [0.15, 0.2) is 30.5 Å². The lowest BCUT2D eigenvalue weighted by atomic mass is 10.1. The van der Waals surface area contributed by atoms with Crippen molar-refractivity contribution in [3.05, 3.63) is 36.3 Å². The molecule has 2 aromatic heterocycles. The van der Waals surface area contributed by atoms with Crippen molar-refractivity contribution >= 4 is 5.78 Å². The Morgan fingerprint density at radius 1 is 1.09 bits per heavy atom. The molecule has 1 aromatic carbocycles. The average Bonchev–Trinajstić information content (AvgIpc) is 2.86. The van der Waals surface area contributed by atoms with Crippen LogP contribution in [0.25, 0.3) is 17.0 Å². The lowest BCUT2D eigenvalue weighted by Gasteiger charge is -2.10. The second-order valence-corrected chi connectivity index (χ2v) is 5.88. The highest BCUT2D eigenvalue weighted by molar-refractivity contribution is 5.65. The van der Waals surface area contributed by atoms with E-state index < -0.39 is 0 Å². The maximum Gasteiger partial charge on any atom is 0.252 e. The van der Waals surface area contributed by atoms with Gasteiger partial charge in [-0.05, 0) is 24.3 Å². The molecule has 0 spiro atoms. The fourth-order valence-electron chi connectivity index (χ4n) is 2.60. The summed E-state index contributed by atoms with van der Waals surface area (Å²) in [6.45, 7) is 5.50. The molecule has 6 nitrogen and oxygen atoms in total. The van der Waals surface area contributed by atoms with Crippen molar-refractivity contribution in [3.8, 4) is 22.8 Å². The largest absolute Gasteiger partial charge is 0.490 e. The Balaban J connectivity index is 1.84. The molecule has 0 fully saturated rings. The number of nitrogens with zero attached hydrogens (tertiary/aromatic N) is 4. The Hall–Kier alpha value is -2.63. The van der Waals surface area contributed by atoms with Crippen LogP contribution >= 0.6 is 0 Å². The predicted molar refractivity (Wildman–Crippen MR) is 85.9 cm³/mol. The Kier molecular flexibility index (Phi) is 3.37. The van der Waals surface area contributed by atoms with Crippen LogP contribution in [-0.2, 0) is 0 Å². The van der Waals surface area contributed by atoms with Crippen LogP contribution in [0.4, 0.5) is 0 Å². The van der Waals surface area contributed by atoms with Crippen molar-refractivity contribution in [2.45, 2.75) is 26.2 Å². The lowest BCUT2D eigenvalue weighted by molar-refractivity contribution is 0.297. The maximum absolute atomic E-state index is 5.78. The molecular formula is C17H18N4O2. The SMILES string of the molecule is CC(C)c1nc2nccc(-c3ccc4c(c3)OCCCO4)n2n1. The zero-order chi connectivity index (χ0) is 15.8. The summed E-state index contributed by atoms with van der Waals surface area (Å²) >= 11 is 0. The van der Waals surface area contributed by atoms with E-state index in [-0.39, 0.29) is 5.92 Å². The van der Waals surface area contributed by atoms with Gasteiger partial charge in [-0.2, -0.15) is 9.50 Å². The van der Waals surface area contributed by atoms with Gasteiger partial charge in [0.2, 0.25) is 0 Å². The molecule has 118 valence electrons. The molecule has 0 N–H and O–H groups in total. The van der Waals surface area contributed by atoms with Gasteiger partial charge in [-0.3, -0.25) is 0 Å². The van der Waals surface area contributed by atoms with E-state index in [1.165, 1.54) is 0 Å². The predicted octanol–water partition coefficient (Wildman–Crippen LogP) is 3.08. The quantitative estimate of drug-likeness (QED) is 0.728. The molecule has 0 bridgehead atoms. The molecule has 0 saturated heterocycles. The molecule has 0 unspecified atom stereocenters. The first-order chi connectivity index (χ1) is 11.2. The Bertz CT molecular complexity index is 857. The summed E-state index contributed by atoms with van der Waals surface area (Å²) in [6.07, 6.45) is 2.65. The van der Waals surface area contributed by atoms with E-state index in [9.17, 15) is 0 Å². The van der Waals surface area contributed by atoms with E-state index in [1.54, 1.807) is 10.7 Å². The number of aromatic nitrogens is 4. The number of benzene rings is 1. The van der Waals surface area contributed by atoms with E-state index in [1.807, 2.05) is 24.3 Å². The minimum Gasteiger partial charge on any atom is -0.490 e. The molecule has 6 heteroatoms. The second kappa shape index (κ2) is 5.53. The van der Waals surface area contributed by atoms with Gasteiger partial charge in [0.1, 0.15) is 0 Å². The second-order valence-electron chi connectivity index (χ2n) is 5.88. The number of hydrogen-bond acceptors (Lipinski definition) is 5. The van der Waals surface area contributed by atoms with Crippen LogP contribution in [-0.4, -0.2) is 32.8 Å². The summed E-state index contributed by atoms with van der Waals surface area (Å²) in [5, 5.41) is 4.59. The van der Waals surface area contributed by atoms with Crippen LogP contribution < -0.4 is 9.47 Å². The highest BCUT2D eigenvalue weighted by Crippen LogP contribution is 2.34. The first-order valence-electron chi connectivity index (χ1n) is 7.84. The first kappa shape index (κ1) is 14.0. The summed E-state index contributed by atoms with van der Waals surface area (Å²) in [5.74, 6) is 3.22. The van der Waals surface area contributed by atoms with Crippen LogP contribution in [0.3, 0.4) is 0 Å². The third-order valence-electron chi connectivity index (χ3n) is 3.82. The molecule has 4 rings (SSSR count). The average molecular weight is 310 g/mol. The van der Waals surface area contributed by atoms with Crippen molar-refractivity contribution in [2.75, 3.05) is 13.2 Å². The molecule has 3 heterocycles. The van der Waals surface area contributed by atoms with Crippen LogP contribution in [0.5, 0.6) is 11.5 Å². The molecule has 23 heavy (non-hydrogen) atoms. The molecule has 0 aliphatic carbocycles. The molecule has 1 aliphatic rings. The van der Waals surface area contributed by atoms with Crippen LogP contribution in [0, 0.1) is 0 Å². The number of fused-ring (bicyclic) bond motifs is 2. The van der Waals surface area contributed by atoms with Crippen molar-refractivity contribution in [3.63, 3.8) is 0 Å². The fourth-order valence-corrected chi connectivity index (χ4v) is 2.60. The maximum atomic E-state index is 5.78. The minimum atomic E-state index is 0.258. The van der Waals surface area contributed by atoms with Gasteiger partial charge in [-0.15, -0.1) is 5.10 Å². The topological polar surface area (TPSA) is 61.5 Å². The number of ether oxygens (including phenoxy) is 2. The molecule has 0 amide bonds. The Morgan fingerprint density at radius 3 is 2.74 bits per heavy atom. The number of hydrogen-bond donors (Lipinski definition) is 0.